The molecule has 1 aliphatic rings. The number of pyridine rings is 1. The predicted octanol–water partition coefficient (Wildman–Crippen LogP) is 2.48. The Kier molecular flexibility index (Phi) is 7.35. The molecule has 1 aromatic heterocycles. The average molecular weight is 453 g/mol. The molecule has 8 nitrogen and oxygen atoms in total. The first-order chi connectivity index (χ1) is 14.4. The number of rotatable bonds is 8. The van der Waals surface area contributed by atoms with Gasteiger partial charge in [-0.15, -0.1) is 0 Å². The number of carbonyl (C=O) groups excluding carboxylic acids is 1. The summed E-state index contributed by atoms with van der Waals surface area (Å²) in [6, 6.07) is 8.16. The van der Waals surface area contributed by atoms with Crippen molar-refractivity contribution in [2.24, 2.45) is 0 Å². The van der Waals surface area contributed by atoms with Gasteiger partial charge in [-0.1, -0.05) is 11.8 Å². The molecule has 0 spiro atoms. The number of ether oxygens (including phenoxy) is 3. The van der Waals surface area contributed by atoms with Crippen LogP contribution in [0.25, 0.3) is 0 Å². The summed E-state index contributed by atoms with van der Waals surface area (Å²) in [5, 5.41) is 0.148. The second-order valence-electron chi connectivity index (χ2n) is 6.54. The number of hydrogen-bond donors (Lipinski definition) is 0. The van der Waals surface area contributed by atoms with Gasteiger partial charge in [0.2, 0.25) is 10.0 Å². The van der Waals surface area contributed by atoms with Crippen molar-refractivity contribution in [2.75, 3.05) is 40.5 Å². The normalized spacial score (nSPS) is 16.1. The van der Waals surface area contributed by atoms with Crippen LogP contribution in [-0.4, -0.2) is 69.3 Å². The fraction of sp³-hybridized carbons (Fsp3) is 0.400. The highest BCUT2D eigenvalue weighted by Crippen LogP contribution is 2.30. The van der Waals surface area contributed by atoms with E-state index in [1.54, 1.807) is 31.2 Å². The predicted molar refractivity (Wildman–Crippen MR) is 113 cm³/mol. The molecule has 0 saturated carbocycles. The monoisotopic (exact) mass is 452 g/mol. The Bertz CT molecular complexity index is 989. The fourth-order valence-corrected chi connectivity index (χ4v) is 5.20. The van der Waals surface area contributed by atoms with Gasteiger partial charge in [-0.3, -0.25) is 4.79 Å². The van der Waals surface area contributed by atoms with Crippen molar-refractivity contribution in [1.29, 1.82) is 0 Å². The van der Waals surface area contributed by atoms with Crippen LogP contribution in [0.2, 0.25) is 0 Å². The van der Waals surface area contributed by atoms with Crippen molar-refractivity contribution < 1.29 is 27.4 Å². The van der Waals surface area contributed by atoms with Gasteiger partial charge >= 0.3 is 0 Å². The summed E-state index contributed by atoms with van der Waals surface area (Å²) in [7, 11) is -0.543. The van der Waals surface area contributed by atoms with E-state index in [0.29, 0.717) is 48.4 Å². The molecule has 0 N–H and O–H groups in total. The van der Waals surface area contributed by atoms with Crippen molar-refractivity contribution in [3.8, 4) is 11.5 Å². The third-order valence-electron chi connectivity index (χ3n) is 4.65. The van der Waals surface area contributed by atoms with E-state index < -0.39 is 15.3 Å². The number of aromatic nitrogens is 1. The lowest BCUT2D eigenvalue weighted by Crippen LogP contribution is -2.40. The lowest BCUT2D eigenvalue weighted by atomic mass is 10.1. The van der Waals surface area contributed by atoms with Crippen LogP contribution in [0.15, 0.2) is 46.5 Å². The van der Waals surface area contributed by atoms with E-state index in [9.17, 15) is 13.2 Å². The van der Waals surface area contributed by atoms with Crippen LogP contribution in [0, 0.1) is 0 Å². The van der Waals surface area contributed by atoms with Crippen LogP contribution >= 0.6 is 11.8 Å². The van der Waals surface area contributed by atoms with Gasteiger partial charge in [0.05, 0.1) is 37.7 Å². The first-order valence-electron chi connectivity index (χ1n) is 9.33. The zero-order chi connectivity index (χ0) is 21.7. The van der Waals surface area contributed by atoms with Crippen molar-refractivity contribution in [3.05, 3.63) is 42.1 Å². The van der Waals surface area contributed by atoms with E-state index in [1.165, 1.54) is 42.5 Å². The largest absolute Gasteiger partial charge is 0.493 e. The van der Waals surface area contributed by atoms with E-state index in [2.05, 4.69) is 4.98 Å². The molecule has 1 aromatic carbocycles. The molecule has 10 heteroatoms. The van der Waals surface area contributed by atoms with Crippen molar-refractivity contribution in [2.45, 2.75) is 22.1 Å². The lowest BCUT2D eigenvalue weighted by molar-refractivity contribution is 0.0730. The maximum Gasteiger partial charge on any atom is 0.244 e. The Balaban J connectivity index is 1.69. The van der Waals surface area contributed by atoms with Crippen LogP contribution < -0.4 is 9.47 Å². The number of benzene rings is 1. The number of carbonyl (C=O) groups is 1. The molecule has 1 atom stereocenters. The van der Waals surface area contributed by atoms with Crippen LogP contribution in [0.5, 0.6) is 11.5 Å². The Morgan fingerprint density at radius 2 is 1.83 bits per heavy atom. The first-order valence-corrected chi connectivity index (χ1v) is 11.7. The number of hydrogen-bond acceptors (Lipinski definition) is 8. The first kappa shape index (κ1) is 22.5. The highest BCUT2D eigenvalue weighted by atomic mass is 32.2. The number of Topliss-reactive ketones (excluding diaryl/α,β-unsaturated/α-hetero) is 1. The number of thioether (sulfide) groups is 1. The van der Waals surface area contributed by atoms with Gasteiger partial charge in [0, 0.05) is 24.8 Å². The van der Waals surface area contributed by atoms with Gasteiger partial charge in [-0.2, -0.15) is 4.31 Å². The molecule has 0 amide bonds. The van der Waals surface area contributed by atoms with Crippen LogP contribution in [0.4, 0.5) is 0 Å². The summed E-state index contributed by atoms with van der Waals surface area (Å²) < 4.78 is 42.4. The SMILES string of the molecule is COc1ccc(C(=O)C(C)Sc2ccc(S(=O)(=O)N3CCOCC3)cn2)cc1OC. The molecule has 0 bridgehead atoms. The topological polar surface area (TPSA) is 95.0 Å². The highest BCUT2D eigenvalue weighted by molar-refractivity contribution is 8.00. The molecule has 1 unspecified atom stereocenters. The van der Waals surface area contributed by atoms with Crippen LogP contribution in [0.3, 0.4) is 0 Å². The molecule has 162 valence electrons. The summed E-state index contributed by atoms with van der Waals surface area (Å²) in [6.45, 7) is 3.21. The minimum atomic E-state index is -3.59. The summed E-state index contributed by atoms with van der Waals surface area (Å²) in [4.78, 5) is 17.2. The van der Waals surface area contributed by atoms with Crippen molar-refractivity contribution in [1.82, 2.24) is 9.29 Å². The Hall–Kier alpha value is -2.14. The summed E-state index contributed by atoms with van der Waals surface area (Å²) >= 11 is 1.26. The molecule has 30 heavy (non-hydrogen) atoms. The number of methoxy groups -OCH3 is 2. The fourth-order valence-electron chi connectivity index (χ4n) is 2.98. The third-order valence-corrected chi connectivity index (χ3v) is 7.58. The van der Waals surface area contributed by atoms with Gasteiger partial charge in [0.1, 0.15) is 4.90 Å². The van der Waals surface area contributed by atoms with Crippen molar-refractivity contribution >= 4 is 27.6 Å². The molecular formula is C20H24N2O6S2. The Morgan fingerprint density at radius 1 is 1.13 bits per heavy atom. The Labute approximate surface area is 180 Å². The second-order valence-corrected chi connectivity index (χ2v) is 9.84. The van der Waals surface area contributed by atoms with Crippen molar-refractivity contribution in [3.63, 3.8) is 0 Å². The molecule has 1 fully saturated rings. The number of sulfonamides is 1. The lowest BCUT2D eigenvalue weighted by Gasteiger charge is -2.25. The van der Waals surface area contributed by atoms with Crippen LogP contribution in [-0.2, 0) is 14.8 Å². The maximum atomic E-state index is 12.8. The highest BCUT2D eigenvalue weighted by Gasteiger charge is 2.27. The van der Waals surface area contributed by atoms with Gasteiger partial charge in [0.15, 0.2) is 17.3 Å². The number of nitrogens with zero attached hydrogens (tertiary/aromatic N) is 2. The summed E-state index contributed by atoms with van der Waals surface area (Å²) in [5.74, 6) is 0.942. The van der Waals surface area contributed by atoms with Crippen LogP contribution in [0.1, 0.15) is 17.3 Å². The molecule has 0 aliphatic carbocycles. The standard InChI is InChI=1S/C20H24N2O6S2/c1-14(20(23)15-4-6-17(26-2)18(12-15)27-3)29-19-7-5-16(13-21-19)30(24,25)22-8-10-28-11-9-22/h4-7,12-14H,8-11H2,1-3H3. The number of ketones is 1. The Morgan fingerprint density at radius 3 is 2.43 bits per heavy atom. The zero-order valence-electron chi connectivity index (χ0n) is 17.0. The number of morpholine rings is 1. The van der Waals surface area contributed by atoms with E-state index in [-0.39, 0.29) is 10.7 Å². The van der Waals surface area contributed by atoms with E-state index in [1.807, 2.05) is 0 Å². The molecule has 0 radical (unpaired) electrons. The van der Waals surface area contributed by atoms with E-state index >= 15 is 0 Å². The molecule has 1 aliphatic heterocycles. The van der Waals surface area contributed by atoms with Gasteiger partial charge in [0.25, 0.3) is 0 Å². The molecule has 3 rings (SSSR count). The van der Waals surface area contributed by atoms with Gasteiger partial charge in [-0.25, -0.2) is 13.4 Å². The zero-order valence-corrected chi connectivity index (χ0v) is 18.7. The van der Waals surface area contributed by atoms with Gasteiger partial charge in [-0.05, 0) is 37.3 Å². The van der Waals surface area contributed by atoms with Gasteiger partial charge < -0.3 is 14.2 Å². The minimum absolute atomic E-state index is 0.0900. The molecular weight excluding hydrogens is 428 g/mol. The quantitative estimate of drug-likeness (QED) is 0.445. The average Bonchev–Trinajstić information content (AvgIpc) is 2.79. The summed E-state index contributed by atoms with van der Waals surface area (Å²) in [6.07, 6.45) is 1.33. The van der Waals surface area contributed by atoms with E-state index in [0.717, 1.165) is 0 Å². The smallest absolute Gasteiger partial charge is 0.244 e. The maximum absolute atomic E-state index is 12.8. The molecule has 1 saturated heterocycles. The molecule has 2 heterocycles. The third kappa shape index (κ3) is 4.94. The summed E-state index contributed by atoms with van der Waals surface area (Å²) in [5.41, 5.74) is 0.499. The van der Waals surface area contributed by atoms with E-state index in [4.69, 9.17) is 14.2 Å². The second kappa shape index (κ2) is 9.78. The minimum Gasteiger partial charge on any atom is -0.493 e. The molecule has 2 aromatic rings.